The zero-order valence-corrected chi connectivity index (χ0v) is 15.1. The van der Waals surface area contributed by atoms with Crippen LogP contribution in [0.3, 0.4) is 0 Å². The third kappa shape index (κ3) is 5.45. The fraction of sp³-hybridized carbons (Fsp3) is 0.588. The molecule has 122 valence electrons. The number of hydrogen-bond acceptors (Lipinski definition) is 3. The predicted molar refractivity (Wildman–Crippen MR) is 95.8 cm³/mol. The van der Waals surface area contributed by atoms with E-state index in [1.54, 1.807) is 0 Å². The molecule has 1 aliphatic carbocycles. The monoisotopic (exact) mass is 339 g/mol. The molecule has 0 spiro atoms. The summed E-state index contributed by atoms with van der Waals surface area (Å²) in [5.74, 6) is 1.34. The fourth-order valence-corrected chi connectivity index (χ4v) is 3.59. The van der Waals surface area contributed by atoms with Gasteiger partial charge in [-0.2, -0.15) is 0 Å². The lowest BCUT2D eigenvalue weighted by Crippen LogP contribution is -2.46. The summed E-state index contributed by atoms with van der Waals surface area (Å²) in [4.78, 5) is 11.7. The number of aryl methyl sites for hydroxylation is 1. The SMILES string of the molecule is CC(C)C(=O)CCc1cccc(OC2CC(NS(C)=S)C2)c1. The zero-order chi connectivity index (χ0) is 16.1. The van der Waals surface area contributed by atoms with E-state index in [0.29, 0.717) is 18.2 Å². The molecule has 0 bridgehead atoms. The summed E-state index contributed by atoms with van der Waals surface area (Å²) in [6, 6.07) is 8.62. The van der Waals surface area contributed by atoms with Crippen LogP contribution in [0.5, 0.6) is 5.75 Å². The van der Waals surface area contributed by atoms with Gasteiger partial charge in [0.25, 0.3) is 0 Å². The van der Waals surface area contributed by atoms with Crippen molar-refractivity contribution in [1.29, 1.82) is 0 Å². The van der Waals surface area contributed by atoms with Crippen LogP contribution in [-0.4, -0.2) is 24.2 Å². The minimum absolute atomic E-state index is 0.117. The van der Waals surface area contributed by atoms with Gasteiger partial charge in [-0.15, -0.1) is 0 Å². The summed E-state index contributed by atoms with van der Waals surface area (Å²) in [6.07, 6.45) is 5.73. The van der Waals surface area contributed by atoms with Crippen molar-refractivity contribution in [3.63, 3.8) is 0 Å². The van der Waals surface area contributed by atoms with Crippen molar-refractivity contribution in [2.45, 2.75) is 51.7 Å². The average molecular weight is 340 g/mol. The number of benzene rings is 1. The molecule has 0 amide bonds. The Balaban J connectivity index is 1.80. The molecular formula is C17H25NO2S2. The van der Waals surface area contributed by atoms with Crippen molar-refractivity contribution in [1.82, 2.24) is 4.72 Å². The molecule has 1 aromatic carbocycles. The topological polar surface area (TPSA) is 38.3 Å². The summed E-state index contributed by atoms with van der Waals surface area (Å²) in [6.45, 7) is 3.90. The van der Waals surface area contributed by atoms with Crippen LogP contribution in [0, 0.1) is 5.92 Å². The highest BCUT2D eigenvalue weighted by Gasteiger charge is 2.30. The molecule has 2 rings (SSSR count). The van der Waals surface area contributed by atoms with Gasteiger partial charge in [-0.3, -0.25) is 9.52 Å². The lowest BCUT2D eigenvalue weighted by atomic mass is 9.90. The van der Waals surface area contributed by atoms with E-state index in [4.69, 9.17) is 15.9 Å². The van der Waals surface area contributed by atoms with Gasteiger partial charge in [-0.05, 0) is 41.6 Å². The van der Waals surface area contributed by atoms with Gasteiger partial charge >= 0.3 is 0 Å². The maximum Gasteiger partial charge on any atom is 0.135 e. The van der Waals surface area contributed by atoms with Crippen LogP contribution in [0.2, 0.25) is 0 Å². The molecule has 0 aromatic heterocycles. The highest BCUT2D eigenvalue weighted by molar-refractivity contribution is 8.27. The largest absolute Gasteiger partial charge is 0.490 e. The molecule has 0 radical (unpaired) electrons. The first-order chi connectivity index (χ1) is 10.4. The van der Waals surface area contributed by atoms with E-state index in [2.05, 4.69) is 16.9 Å². The van der Waals surface area contributed by atoms with E-state index >= 15 is 0 Å². The molecule has 3 nitrogen and oxygen atoms in total. The van der Waals surface area contributed by atoms with Gasteiger partial charge in [-0.25, -0.2) is 0 Å². The van der Waals surface area contributed by atoms with Crippen LogP contribution in [-0.2, 0) is 32.0 Å². The Morgan fingerprint density at radius 3 is 2.82 bits per heavy atom. The highest BCUT2D eigenvalue weighted by atomic mass is 32.8. The Bertz CT molecular complexity index is 539. The number of nitrogens with one attached hydrogen (secondary N) is 1. The van der Waals surface area contributed by atoms with Gasteiger partial charge in [0.2, 0.25) is 0 Å². The molecule has 1 aliphatic rings. The van der Waals surface area contributed by atoms with Crippen LogP contribution in [0.4, 0.5) is 0 Å². The summed E-state index contributed by atoms with van der Waals surface area (Å²) < 4.78 is 9.38. The zero-order valence-electron chi connectivity index (χ0n) is 13.5. The van der Waals surface area contributed by atoms with E-state index in [1.165, 1.54) is 5.56 Å². The lowest BCUT2D eigenvalue weighted by molar-refractivity contribution is -0.121. The highest BCUT2D eigenvalue weighted by Crippen LogP contribution is 2.27. The Morgan fingerprint density at radius 1 is 1.45 bits per heavy atom. The standard InChI is InChI=1S/C17H25NO2S2/c1-12(2)17(19)8-7-13-5-4-6-15(9-13)20-16-10-14(11-16)18-22(3)21/h4-6,9,12,14,16,18H,7-8,10-11H2,1-3H3. The van der Waals surface area contributed by atoms with Crippen molar-refractivity contribution in [3.05, 3.63) is 29.8 Å². The van der Waals surface area contributed by atoms with Crippen LogP contribution in [0.25, 0.3) is 0 Å². The number of carbonyl (C=O) groups is 1. The van der Waals surface area contributed by atoms with Crippen LogP contribution in [0.15, 0.2) is 24.3 Å². The van der Waals surface area contributed by atoms with Crippen LogP contribution < -0.4 is 9.46 Å². The first-order valence-electron chi connectivity index (χ1n) is 7.82. The second-order valence-electron chi connectivity index (χ2n) is 6.25. The molecular weight excluding hydrogens is 314 g/mol. The van der Waals surface area contributed by atoms with Crippen LogP contribution in [0.1, 0.15) is 38.7 Å². The second-order valence-corrected chi connectivity index (χ2v) is 8.89. The van der Waals surface area contributed by atoms with Crippen LogP contribution >= 0.6 is 0 Å². The molecule has 1 saturated carbocycles. The normalized spacial score (nSPS) is 22.2. The summed E-state index contributed by atoms with van der Waals surface area (Å²) >= 11 is 5.16. The third-order valence-electron chi connectivity index (χ3n) is 3.93. The van der Waals surface area contributed by atoms with Crippen molar-refractivity contribution in [2.75, 3.05) is 6.26 Å². The van der Waals surface area contributed by atoms with Gasteiger partial charge in [0.05, 0.1) is 0 Å². The Kier molecular flexibility index (Phi) is 6.53. The summed E-state index contributed by atoms with van der Waals surface area (Å²) in [5.41, 5.74) is 1.17. The summed E-state index contributed by atoms with van der Waals surface area (Å²) in [5, 5.41) is 0. The smallest absolute Gasteiger partial charge is 0.135 e. The molecule has 5 heteroatoms. The van der Waals surface area contributed by atoms with Gasteiger partial charge in [0.15, 0.2) is 0 Å². The molecule has 1 fully saturated rings. The average Bonchev–Trinajstić information content (AvgIpc) is 2.42. The van der Waals surface area contributed by atoms with Gasteiger partial charge < -0.3 is 4.74 Å². The van der Waals surface area contributed by atoms with E-state index in [9.17, 15) is 4.79 Å². The molecule has 1 unspecified atom stereocenters. The van der Waals surface area contributed by atoms with Crippen molar-refractivity contribution >= 4 is 26.6 Å². The number of ether oxygens (including phenoxy) is 1. The molecule has 1 aromatic rings. The minimum atomic E-state index is -0.125. The fourth-order valence-electron chi connectivity index (χ4n) is 2.52. The Hall–Kier alpha value is -0.780. The summed E-state index contributed by atoms with van der Waals surface area (Å²) in [7, 11) is -0.125. The van der Waals surface area contributed by atoms with E-state index in [-0.39, 0.29) is 21.7 Å². The maximum absolute atomic E-state index is 11.7. The molecule has 22 heavy (non-hydrogen) atoms. The van der Waals surface area contributed by atoms with Gasteiger partial charge in [0, 0.05) is 31.2 Å². The maximum atomic E-state index is 11.7. The first-order valence-corrected chi connectivity index (χ1v) is 10.4. The number of ketones is 1. The van der Waals surface area contributed by atoms with Crippen molar-refractivity contribution in [3.8, 4) is 5.75 Å². The Labute approximate surface area is 140 Å². The number of Topliss-reactive ketones (excluding diaryl/α,β-unsaturated/α-hetero) is 1. The number of carbonyl (C=O) groups excluding carboxylic acids is 1. The second kappa shape index (κ2) is 8.18. The first kappa shape index (κ1) is 17.6. The Morgan fingerprint density at radius 2 is 2.18 bits per heavy atom. The van der Waals surface area contributed by atoms with Gasteiger partial charge in [0.1, 0.15) is 17.6 Å². The van der Waals surface area contributed by atoms with Gasteiger partial charge in [-0.1, -0.05) is 35.6 Å². The molecule has 0 heterocycles. The lowest BCUT2D eigenvalue weighted by Gasteiger charge is -2.35. The van der Waals surface area contributed by atoms with E-state index < -0.39 is 0 Å². The van der Waals surface area contributed by atoms with Crippen molar-refractivity contribution in [2.24, 2.45) is 5.92 Å². The predicted octanol–water partition coefficient (Wildman–Crippen LogP) is 2.97. The van der Waals surface area contributed by atoms with E-state index in [1.807, 2.05) is 32.2 Å². The third-order valence-corrected chi connectivity index (χ3v) is 4.89. The van der Waals surface area contributed by atoms with E-state index in [0.717, 1.165) is 25.0 Å². The minimum Gasteiger partial charge on any atom is -0.490 e. The molecule has 0 aliphatic heterocycles. The molecule has 1 atom stereocenters. The number of hydrogen-bond donors (Lipinski definition) is 1. The molecule has 1 N–H and O–H groups in total. The van der Waals surface area contributed by atoms with Crippen molar-refractivity contribution < 1.29 is 9.53 Å². The quantitative estimate of drug-likeness (QED) is 0.790. The number of rotatable bonds is 8. The molecule has 0 saturated heterocycles.